The minimum absolute atomic E-state index is 0.172. The fourth-order valence-corrected chi connectivity index (χ4v) is 3.54. The smallest absolute Gasteiger partial charge is 0.123 e. The second kappa shape index (κ2) is 6.29. The normalized spacial score (nSPS) is 18.5. The zero-order chi connectivity index (χ0) is 14.8. The van der Waals surface area contributed by atoms with Crippen LogP contribution in [-0.4, -0.2) is 6.04 Å². The molecular formula is C18H19BrFN. The van der Waals surface area contributed by atoms with Crippen LogP contribution in [0.5, 0.6) is 0 Å². The molecule has 21 heavy (non-hydrogen) atoms. The Labute approximate surface area is 133 Å². The van der Waals surface area contributed by atoms with Crippen molar-refractivity contribution in [2.45, 2.75) is 38.3 Å². The summed E-state index contributed by atoms with van der Waals surface area (Å²) in [4.78, 5) is 0. The van der Waals surface area contributed by atoms with Gasteiger partial charge in [0.05, 0.1) is 0 Å². The topological polar surface area (TPSA) is 12.0 Å². The number of fused-ring (bicyclic) bond motifs is 1. The lowest BCUT2D eigenvalue weighted by Crippen LogP contribution is -2.31. The summed E-state index contributed by atoms with van der Waals surface area (Å²) in [6, 6.07) is 14.2. The van der Waals surface area contributed by atoms with Gasteiger partial charge in [-0.05, 0) is 67.1 Å². The van der Waals surface area contributed by atoms with Crippen molar-refractivity contribution in [1.82, 2.24) is 5.32 Å². The summed E-state index contributed by atoms with van der Waals surface area (Å²) in [6.07, 6.45) is 3.21. The number of hydrogen-bond donors (Lipinski definition) is 1. The average Bonchev–Trinajstić information content (AvgIpc) is 2.83. The first-order chi connectivity index (χ1) is 10.1. The van der Waals surface area contributed by atoms with Gasteiger partial charge in [-0.1, -0.05) is 34.1 Å². The van der Waals surface area contributed by atoms with E-state index in [1.54, 1.807) is 0 Å². The molecule has 1 aliphatic carbocycles. The summed E-state index contributed by atoms with van der Waals surface area (Å²) in [7, 11) is 0. The number of aryl methyl sites for hydroxylation is 1. The molecule has 0 radical (unpaired) electrons. The highest BCUT2D eigenvalue weighted by atomic mass is 79.9. The lowest BCUT2D eigenvalue weighted by atomic mass is 10.0. The van der Waals surface area contributed by atoms with E-state index in [4.69, 9.17) is 0 Å². The van der Waals surface area contributed by atoms with Gasteiger partial charge in [-0.15, -0.1) is 0 Å². The molecule has 2 aromatic rings. The third kappa shape index (κ3) is 3.53. The van der Waals surface area contributed by atoms with Crippen LogP contribution in [0.15, 0.2) is 46.9 Å². The molecule has 2 aromatic carbocycles. The van der Waals surface area contributed by atoms with E-state index in [0.717, 1.165) is 23.7 Å². The van der Waals surface area contributed by atoms with Crippen LogP contribution in [0, 0.1) is 5.82 Å². The Kier molecular flexibility index (Phi) is 4.41. The van der Waals surface area contributed by atoms with Gasteiger partial charge in [-0.25, -0.2) is 4.39 Å². The maximum Gasteiger partial charge on any atom is 0.123 e. The Bertz CT molecular complexity index is 624. The van der Waals surface area contributed by atoms with E-state index in [1.807, 2.05) is 12.1 Å². The van der Waals surface area contributed by atoms with Gasteiger partial charge in [0.2, 0.25) is 0 Å². The largest absolute Gasteiger partial charge is 0.307 e. The van der Waals surface area contributed by atoms with Crippen molar-refractivity contribution >= 4 is 15.9 Å². The lowest BCUT2D eigenvalue weighted by molar-refractivity contribution is 0.451. The molecular weight excluding hydrogens is 329 g/mol. The van der Waals surface area contributed by atoms with Crippen molar-refractivity contribution in [3.63, 3.8) is 0 Å². The molecule has 3 heteroatoms. The molecule has 0 saturated carbocycles. The summed E-state index contributed by atoms with van der Waals surface area (Å²) >= 11 is 3.53. The number of hydrogen-bond acceptors (Lipinski definition) is 1. The van der Waals surface area contributed by atoms with Crippen LogP contribution in [-0.2, 0) is 12.8 Å². The zero-order valence-corrected chi connectivity index (χ0v) is 13.7. The van der Waals surface area contributed by atoms with Crippen molar-refractivity contribution in [2.24, 2.45) is 0 Å². The SMILES string of the molecule is CC(Cc1ccc(F)cc1)NC1CCc2cc(Br)ccc21. The highest BCUT2D eigenvalue weighted by molar-refractivity contribution is 9.10. The molecule has 0 saturated heterocycles. The molecule has 1 aliphatic rings. The average molecular weight is 348 g/mol. The summed E-state index contributed by atoms with van der Waals surface area (Å²) < 4.78 is 14.1. The van der Waals surface area contributed by atoms with Crippen molar-refractivity contribution < 1.29 is 4.39 Å². The van der Waals surface area contributed by atoms with E-state index in [2.05, 4.69) is 46.4 Å². The van der Waals surface area contributed by atoms with E-state index < -0.39 is 0 Å². The van der Waals surface area contributed by atoms with E-state index in [-0.39, 0.29) is 5.82 Å². The van der Waals surface area contributed by atoms with E-state index >= 15 is 0 Å². The van der Waals surface area contributed by atoms with Crippen molar-refractivity contribution in [2.75, 3.05) is 0 Å². The van der Waals surface area contributed by atoms with Crippen LogP contribution in [0.25, 0.3) is 0 Å². The molecule has 0 aliphatic heterocycles. The first-order valence-electron chi connectivity index (χ1n) is 7.40. The quantitative estimate of drug-likeness (QED) is 0.837. The third-order valence-electron chi connectivity index (χ3n) is 4.12. The van der Waals surface area contributed by atoms with Crippen molar-refractivity contribution in [3.8, 4) is 0 Å². The molecule has 3 rings (SSSR count). The maximum atomic E-state index is 12.9. The van der Waals surface area contributed by atoms with Gasteiger partial charge >= 0.3 is 0 Å². The molecule has 1 nitrogen and oxygen atoms in total. The van der Waals surface area contributed by atoms with E-state index in [9.17, 15) is 4.39 Å². The van der Waals surface area contributed by atoms with Gasteiger partial charge in [0.1, 0.15) is 5.82 Å². The fraction of sp³-hybridized carbons (Fsp3) is 0.333. The molecule has 0 amide bonds. The van der Waals surface area contributed by atoms with Gasteiger partial charge < -0.3 is 5.32 Å². The van der Waals surface area contributed by atoms with Crippen LogP contribution in [0.2, 0.25) is 0 Å². The molecule has 2 atom stereocenters. The fourth-order valence-electron chi connectivity index (χ4n) is 3.14. The van der Waals surface area contributed by atoms with E-state index in [0.29, 0.717) is 12.1 Å². The van der Waals surface area contributed by atoms with Gasteiger partial charge in [-0.3, -0.25) is 0 Å². The Morgan fingerprint density at radius 3 is 2.76 bits per heavy atom. The monoisotopic (exact) mass is 347 g/mol. The lowest BCUT2D eigenvalue weighted by Gasteiger charge is -2.20. The van der Waals surface area contributed by atoms with Crippen molar-refractivity contribution in [1.29, 1.82) is 0 Å². The summed E-state index contributed by atoms with van der Waals surface area (Å²) in [5, 5.41) is 3.71. The van der Waals surface area contributed by atoms with Crippen LogP contribution >= 0.6 is 15.9 Å². The summed E-state index contributed by atoms with van der Waals surface area (Å²) in [6.45, 7) is 2.19. The third-order valence-corrected chi connectivity index (χ3v) is 4.62. The second-order valence-corrected chi connectivity index (χ2v) is 6.75. The predicted molar refractivity (Wildman–Crippen MR) is 87.9 cm³/mol. The molecule has 0 bridgehead atoms. The van der Waals surface area contributed by atoms with Crippen LogP contribution < -0.4 is 5.32 Å². The molecule has 1 N–H and O–H groups in total. The first-order valence-corrected chi connectivity index (χ1v) is 8.20. The van der Waals surface area contributed by atoms with Crippen LogP contribution in [0.4, 0.5) is 4.39 Å². The molecule has 2 unspecified atom stereocenters. The Morgan fingerprint density at radius 1 is 1.24 bits per heavy atom. The highest BCUT2D eigenvalue weighted by Gasteiger charge is 2.23. The number of halogens is 2. The summed E-state index contributed by atoms with van der Waals surface area (Å²) in [5.74, 6) is -0.172. The van der Waals surface area contributed by atoms with Crippen LogP contribution in [0.1, 0.15) is 36.1 Å². The molecule has 0 heterocycles. The number of nitrogens with one attached hydrogen (secondary N) is 1. The highest BCUT2D eigenvalue weighted by Crippen LogP contribution is 2.33. The predicted octanol–water partition coefficient (Wildman–Crippen LogP) is 4.80. The number of benzene rings is 2. The minimum Gasteiger partial charge on any atom is -0.307 e. The standard InChI is InChI=1S/C18H19BrFN/c1-12(10-13-2-6-16(20)7-3-13)21-18-9-4-14-11-15(19)5-8-17(14)18/h2-3,5-8,11-12,18,21H,4,9-10H2,1H3. The Hall–Kier alpha value is -1.19. The van der Waals surface area contributed by atoms with Gasteiger partial charge in [0, 0.05) is 16.6 Å². The Balaban J connectivity index is 1.64. The van der Waals surface area contributed by atoms with Crippen LogP contribution in [0.3, 0.4) is 0 Å². The second-order valence-electron chi connectivity index (χ2n) is 5.83. The minimum atomic E-state index is -0.172. The maximum absolute atomic E-state index is 12.9. The molecule has 110 valence electrons. The first kappa shape index (κ1) is 14.7. The zero-order valence-electron chi connectivity index (χ0n) is 12.1. The van der Waals surface area contributed by atoms with Gasteiger partial charge in [0.15, 0.2) is 0 Å². The molecule has 0 aromatic heterocycles. The van der Waals surface area contributed by atoms with E-state index in [1.165, 1.54) is 28.8 Å². The summed E-state index contributed by atoms with van der Waals surface area (Å²) in [5.41, 5.74) is 4.03. The van der Waals surface area contributed by atoms with Crippen molar-refractivity contribution in [3.05, 3.63) is 69.4 Å². The van der Waals surface area contributed by atoms with Gasteiger partial charge in [0.25, 0.3) is 0 Å². The van der Waals surface area contributed by atoms with Gasteiger partial charge in [-0.2, -0.15) is 0 Å². The Morgan fingerprint density at radius 2 is 2.00 bits per heavy atom. The number of rotatable bonds is 4. The molecule has 0 spiro atoms. The molecule has 0 fully saturated rings.